The fourth-order valence-electron chi connectivity index (χ4n) is 2.38. The maximum atomic E-state index is 10.4. The van der Waals surface area contributed by atoms with E-state index in [4.69, 9.17) is 0 Å². The number of benzene rings is 2. The van der Waals surface area contributed by atoms with E-state index in [1.165, 1.54) is 16.0 Å². The van der Waals surface area contributed by atoms with Gasteiger partial charge in [-0.05, 0) is 42.0 Å². The summed E-state index contributed by atoms with van der Waals surface area (Å²) in [6.45, 7) is 6.55. The van der Waals surface area contributed by atoms with Crippen molar-refractivity contribution < 1.29 is 5.11 Å². The molecule has 0 aliphatic rings. The number of thioether (sulfide) groups is 1. The van der Waals surface area contributed by atoms with Crippen molar-refractivity contribution in [1.29, 1.82) is 0 Å². The number of rotatable bonds is 6. The Labute approximate surface area is 132 Å². The Kier molecular flexibility index (Phi) is 5.89. The summed E-state index contributed by atoms with van der Waals surface area (Å²) in [7, 11) is 0. The van der Waals surface area contributed by atoms with E-state index >= 15 is 0 Å². The molecule has 0 aliphatic carbocycles. The van der Waals surface area contributed by atoms with Gasteiger partial charge in [0.05, 0.1) is 6.10 Å². The largest absolute Gasteiger partial charge is 0.388 e. The molecule has 0 fully saturated rings. The molecule has 0 amide bonds. The van der Waals surface area contributed by atoms with Gasteiger partial charge in [-0.3, -0.25) is 0 Å². The molecule has 0 spiro atoms. The van der Waals surface area contributed by atoms with E-state index in [1.54, 1.807) is 11.8 Å². The van der Waals surface area contributed by atoms with Crippen LogP contribution >= 0.6 is 11.8 Å². The normalized spacial score (nSPS) is 12.6. The lowest BCUT2D eigenvalue weighted by atomic mass is 9.99. The minimum Gasteiger partial charge on any atom is -0.388 e. The first-order valence-electron chi connectivity index (χ1n) is 7.51. The second-order valence-electron chi connectivity index (χ2n) is 5.94. The van der Waals surface area contributed by atoms with Gasteiger partial charge < -0.3 is 5.11 Å². The molecule has 0 bridgehead atoms. The summed E-state index contributed by atoms with van der Waals surface area (Å²) in [5.74, 6) is 1.33. The van der Waals surface area contributed by atoms with Crippen molar-refractivity contribution in [1.82, 2.24) is 0 Å². The van der Waals surface area contributed by atoms with Crippen LogP contribution in [0.5, 0.6) is 0 Å². The molecule has 0 radical (unpaired) electrons. The molecule has 0 aliphatic heterocycles. The quantitative estimate of drug-likeness (QED) is 0.756. The topological polar surface area (TPSA) is 20.2 Å². The van der Waals surface area contributed by atoms with Crippen LogP contribution in [0, 0.1) is 12.8 Å². The van der Waals surface area contributed by atoms with Crippen LogP contribution in [0.4, 0.5) is 0 Å². The Morgan fingerprint density at radius 2 is 1.81 bits per heavy atom. The van der Waals surface area contributed by atoms with Gasteiger partial charge in [0.15, 0.2) is 0 Å². The summed E-state index contributed by atoms with van der Waals surface area (Å²) in [6, 6.07) is 16.7. The van der Waals surface area contributed by atoms with Gasteiger partial charge >= 0.3 is 0 Å². The molecule has 1 N–H and O–H groups in total. The molecular formula is C19H24OS. The maximum Gasteiger partial charge on any atom is 0.0884 e. The van der Waals surface area contributed by atoms with E-state index in [-0.39, 0.29) is 0 Å². The van der Waals surface area contributed by atoms with E-state index in [2.05, 4.69) is 51.1 Å². The third-order valence-electron chi connectivity index (χ3n) is 3.47. The zero-order chi connectivity index (χ0) is 15.2. The Morgan fingerprint density at radius 1 is 1.05 bits per heavy atom. The molecule has 2 heteroatoms. The zero-order valence-corrected chi connectivity index (χ0v) is 13.9. The number of hydrogen-bond acceptors (Lipinski definition) is 2. The summed E-state index contributed by atoms with van der Waals surface area (Å²) in [5, 5.41) is 10.4. The van der Waals surface area contributed by atoms with Crippen molar-refractivity contribution in [2.24, 2.45) is 5.92 Å². The molecular weight excluding hydrogens is 276 g/mol. The average molecular weight is 300 g/mol. The van der Waals surface area contributed by atoms with Crippen LogP contribution in [0.3, 0.4) is 0 Å². The summed E-state index contributed by atoms with van der Waals surface area (Å²) in [4.78, 5) is 1.25. The number of hydrogen-bond donors (Lipinski definition) is 1. The Balaban J connectivity index is 2.00. The monoisotopic (exact) mass is 300 g/mol. The molecule has 0 saturated heterocycles. The van der Waals surface area contributed by atoms with Gasteiger partial charge in [0.2, 0.25) is 0 Å². The average Bonchev–Trinajstić information content (AvgIpc) is 2.45. The highest BCUT2D eigenvalue weighted by Crippen LogP contribution is 2.27. The zero-order valence-electron chi connectivity index (χ0n) is 13.0. The van der Waals surface area contributed by atoms with Gasteiger partial charge in [-0.15, -0.1) is 11.8 Å². The lowest BCUT2D eigenvalue weighted by molar-refractivity contribution is 0.204. The third-order valence-corrected chi connectivity index (χ3v) is 4.72. The standard InChI is InChI=1S/C19H24OS/c1-14(2)11-16-8-6-9-17(12-16)18(20)13-21-19-10-5-4-7-15(19)3/h4-10,12,14,18,20H,11,13H2,1-3H3. The predicted molar refractivity (Wildman–Crippen MR) is 91.8 cm³/mol. The molecule has 2 aromatic carbocycles. The van der Waals surface area contributed by atoms with Crippen molar-refractivity contribution in [3.05, 3.63) is 65.2 Å². The number of aryl methyl sites for hydroxylation is 1. The molecule has 1 atom stereocenters. The summed E-state index contributed by atoms with van der Waals surface area (Å²) in [6.07, 6.45) is 0.646. The van der Waals surface area contributed by atoms with E-state index in [1.807, 2.05) is 18.2 Å². The van der Waals surface area contributed by atoms with E-state index in [9.17, 15) is 5.11 Å². The van der Waals surface area contributed by atoms with Crippen LogP contribution in [0.15, 0.2) is 53.4 Å². The van der Waals surface area contributed by atoms with E-state index in [0.717, 1.165) is 12.0 Å². The summed E-state index contributed by atoms with van der Waals surface area (Å²) in [5.41, 5.74) is 3.60. The smallest absolute Gasteiger partial charge is 0.0884 e. The highest BCUT2D eigenvalue weighted by atomic mass is 32.2. The summed E-state index contributed by atoms with van der Waals surface area (Å²) >= 11 is 1.72. The second kappa shape index (κ2) is 7.67. The molecule has 21 heavy (non-hydrogen) atoms. The molecule has 1 nitrogen and oxygen atoms in total. The minimum absolute atomic E-state index is 0.415. The van der Waals surface area contributed by atoms with Crippen molar-refractivity contribution in [2.45, 2.75) is 38.2 Å². The van der Waals surface area contributed by atoms with Crippen molar-refractivity contribution in [3.8, 4) is 0 Å². The van der Waals surface area contributed by atoms with E-state index in [0.29, 0.717) is 11.7 Å². The highest BCUT2D eigenvalue weighted by Gasteiger charge is 2.10. The lowest BCUT2D eigenvalue weighted by Crippen LogP contribution is -2.02. The lowest BCUT2D eigenvalue weighted by Gasteiger charge is -2.14. The van der Waals surface area contributed by atoms with Crippen LogP contribution in [0.2, 0.25) is 0 Å². The number of aliphatic hydroxyl groups is 1. The fourth-order valence-corrected chi connectivity index (χ4v) is 3.38. The first kappa shape index (κ1) is 16.1. The Hall–Kier alpha value is -1.25. The molecule has 0 heterocycles. The van der Waals surface area contributed by atoms with Crippen molar-refractivity contribution in [3.63, 3.8) is 0 Å². The summed E-state index contributed by atoms with van der Waals surface area (Å²) < 4.78 is 0. The molecule has 2 aromatic rings. The van der Waals surface area contributed by atoms with Crippen LogP contribution in [-0.4, -0.2) is 10.9 Å². The minimum atomic E-state index is -0.415. The van der Waals surface area contributed by atoms with Gasteiger partial charge in [-0.1, -0.05) is 56.3 Å². The van der Waals surface area contributed by atoms with Crippen LogP contribution in [0.25, 0.3) is 0 Å². The van der Waals surface area contributed by atoms with Gasteiger partial charge in [-0.25, -0.2) is 0 Å². The molecule has 1 unspecified atom stereocenters. The van der Waals surface area contributed by atoms with Gasteiger partial charge in [-0.2, -0.15) is 0 Å². The maximum absolute atomic E-state index is 10.4. The van der Waals surface area contributed by atoms with Gasteiger partial charge in [0.25, 0.3) is 0 Å². The Morgan fingerprint density at radius 3 is 2.52 bits per heavy atom. The van der Waals surface area contributed by atoms with Crippen molar-refractivity contribution >= 4 is 11.8 Å². The first-order valence-corrected chi connectivity index (χ1v) is 8.50. The Bertz CT molecular complexity index is 577. The first-order chi connectivity index (χ1) is 10.1. The van der Waals surface area contributed by atoms with Crippen LogP contribution in [-0.2, 0) is 6.42 Å². The molecule has 0 aromatic heterocycles. The molecule has 112 valence electrons. The van der Waals surface area contributed by atoms with Gasteiger partial charge in [0, 0.05) is 10.6 Å². The third kappa shape index (κ3) is 4.90. The van der Waals surface area contributed by atoms with Crippen LogP contribution in [0.1, 0.15) is 36.6 Å². The van der Waals surface area contributed by atoms with Crippen LogP contribution < -0.4 is 0 Å². The second-order valence-corrected chi connectivity index (χ2v) is 7.00. The molecule has 0 saturated carbocycles. The van der Waals surface area contributed by atoms with Crippen molar-refractivity contribution in [2.75, 3.05) is 5.75 Å². The SMILES string of the molecule is Cc1ccccc1SCC(O)c1cccc(CC(C)C)c1. The predicted octanol–water partition coefficient (Wildman–Crippen LogP) is 5.02. The number of aliphatic hydroxyl groups excluding tert-OH is 1. The van der Waals surface area contributed by atoms with E-state index < -0.39 is 6.10 Å². The highest BCUT2D eigenvalue weighted by molar-refractivity contribution is 7.99. The fraction of sp³-hybridized carbons (Fsp3) is 0.368. The molecule has 2 rings (SSSR count). The van der Waals surface area contributed by atoms with Gasteiger partial charge in [0.1, 0.15) is 0 Å².